The topological polar surface area (TPSA) is 46.2 Å². The first-order chi connectivity index (χ1) is 7.35. The SMILES string of the molecule is CCC(OOC(C)(C)C)[Si](OC)(OC)OC. The zero-order chi connectivity index (χ0) is 12.8. The Bertz CT molecular complexity index is 180. The largest absolute Gasteiger partial charge is 0.534 e. The third-order valence-corrected chi connectivity index (χ3v) is 5.03. The zero-order valence-electron chi connectivity index (χ0n) is 11.3. The minimum atomic E-state index is -2.79. The summed E-state index contributed by atoms with van der Waals surface area (Å²) >= 11 is 0. The molecule has 0 rings (SSSR count). The van der Waals surface area contributed by atoms with Gasteiger partial charge in [-0.05, 0) is 27.2 Å². The Morgan fingerprint density at radius 3 is 1.69 bits per heavy atom. The van der Waals surface area contributed by atoms with E-state index in [0.29, 0.717) is 6.42 Å². The quantitative estimate of drug-likeness (QED) is 0.393. The maximum atomic E-state index is 5.38. The first-order valence-electron chi connectivity index (χ1n) is 5.35. The van der Waals surface area contributed by atoms with Crippen LogP contribution in [0.1, 0.15) is 34.1 Å². The van der Waals surface area contributed by atoms with Crippen LogP contribution in [-0.4, -0.2) is 41.5 Å². The van der Waals surface area contributed by atoms with Gasteiger partial charge in [0.15, 0.2) is 5.73 Å². The van der Waals surface area contributed by atoms with Crippen LogP contribution >= 0.6 is 0 Å². The van der Waals surface area contributed by atoms with E-state index in [1.54, 1.807) is 21.3 Å². The van der Waals surface area contributed by atoms with Crippen LogP contribution in [0.5, 0.6) is 0 Å². The van der Waals surface area contributed by atoms with Gasteiger partial charge in [-0.15, -0.1) is 0 Å². The molecule has 98 valence electrons. The molecular formula is C10H24O5Si. The molecule has 0 aliphatic carbocycles. The Morgan fingerprint density at radius 1 is 1.00 bits per heavy atom. The average molecular weight is 252 g/mol. The predicted molar refractivity (Wildman–Crippen MR) is 62.8 cm³/mol. The summed E-state index contributed by atoms with van der Waals surface area (Å²) in [4.78, 5) is 10.7. The highest BCUT2D eigenvalue weighted by atomic mass is 28.4. The molecule has 0 aliphatic rings. The first-order valence-corrected chi connectivity index (χ1v) is 7.15. The molecular weight excluding hydrogens is 228 g/mol. The molecule has 0 heterocycles. The fourth-order valence-electron chi connectivity index (χ4n) is 1.22. The van der Waals surface area contributed by atoms with Crippen LogP contribution in [0.15, 0.2) is 0 Å². The molecule has 16 heavy (non-hydrogen) atoms. The Hall–Kier alpha value is 0.0169. The lowest BCUT2D eigenvalue weighted by Gasteiger charge is -2.32. The van der Waals surface area contributed by atoms with Gasteiger partial charge in [-0.2, -0.15) is 0 Å². The molecule has 0 saturated carbocycles. The molecule has 0 N–H and O–H groups in total. The smallest absolute Gasteiger partial charge is 0.375 e. The minimum absolute atomic E-state index is 0.327. The second-order valence-corrected chi connectivity index (χ2v) is 7.48. The van der Waals surface area contributed by atoms with Gasteiger partial charge in [-0.3, -0.25) is 0 Å². The van der Waals surface area contributed by atoms with Crippen LogP contribution in [0.3, 0.4) is 0 Å². The Morgan fingerprint density at radius 2 is 1.44 bits per heavy atom. The molecule has 1 atom stereocenters. The molecule has 0 aliphatic heterocycles. The van der Waals surface area contributed by atoms with Gasteiger partial charge in [-0.1, -0.05) is 6.92 Å². The summed E-state index contributed by atoms with van der Waals surface area (Å²) in [6.07, 6.45) is 0.692. The van der Waals surface area contributed by atoms with Gasteiger partial charge < -0.3 is 13.3 Å². The van der Waals surface area contributed by atoms with E-state index < -0.39 is 8.80 Å². The molecule has 5 nitrogen and oxygen atoms in total. The molecule has 0 amide bonds. The van der Waals surface area contributed by atoms with Gasteiger partial charge >= 0.3 is 8.80 Å². The standard InChI is InChI=1S/C10H24O5Si/c1-8-9(14-15-10(2,3)4)16(11-5,12-6)13-7/h9H,8H2,1-7H3. The van der Waals surface area contributed by atoms with Crippen molar-refractivity contribution in [2.75, 3.05) is 21.3 Å². The van der Waals surface area contributed by atoms with Crippen molar-refractivity contribution in [1.82, 2.24) is 0 Å². The highest BCUT2D eigenvalue weighted by Gasteiger charge is 2.49. The van der Waals surface area contributed by atoms with E-state index >= 15 is 0 Å². The third-order valence-electron chi connectivity index (χ3n) is 2.03. The maximum absolute atomic E-state index is 5.38. The highest BCUT2D eigenvalue weighted by Crippen LogP contribution is 2.20. The van der Waals surface area contributed by atoms with E-state index in [0.717, 1.165) is 0 Å². The Labute approximate surface area is 99.3 Å². The molecule has 1 unspecified atom stereocenters. The summed E-state index contributed by atoms with van der Waals surface area (Å²) in [5.41, 5.74) is -0.699. The van der Waals surface area contributed by atoms with Crippen LogP contribution in [0.25, 0.3) is 0 Å². The Kier molecular flexibility index (Phi) is 6.69. The van der Waals surface area contributed by atoms with E-state index in [1.165, 1.54) is 0 Å². The molecule has 0 aromatic heterocycles. The molecule has 0 aromatic carbocycles. The summed E-state index contributed by atoms with van der Waals surface area (Å²) in [5.74, 6) is 0. The van der Waals surface area contributed by atoms with Crippen molar-refractivity contribution in [3.05, 3.63) is 0 Å². The summed E-state index contributed by atoms with van der Waals surface area (Å²) in [5, 5.41) is 0. The number of hydrogen-bond acceptors (Lipinski definition) is 5. The molecule has 0 saturated heterocycles. The van der Waals surface area contributed by atoms with Crippen molar-refractivity contribution in [1.29, 1.82) is 0 Å². The molecule has 0 bridgehead atoms. The lowest BCUT2D eigenvalue weighted by molar-refractivity contribution is -0.366. The Balaban J connectivity index is 4.56. The van der Waals surface area contributed by atoms with Gasteiger partial charge in [0.1, 0.15) is 0 Å². The van der Waals surface area contributed by atoms with Gasteiger partial charge in [0, 0.05) is 21.3 Å². The monoisotopic (exact) mass is 252 g/mol. The first kappa shape index (κ1) is 16.0. The van der Waals surface area contributed by atoms with Crippen molar-refractivity contribution >= 4 is 8.80 Å². The predicted octanol–water partition coefficient (Wildman–Crippen LogP) is 1.93. The van der Waals surface area contributed by atoms with E-state index in [1.807, 2.05) is 27.7 Å². The minimum Gasteiger partial charge on any atom is -0.375 e. The highest BCUT2D eigenvalue weighted by molar-refractivity contribution is 6.62. The van der Waals surface area contributed by atoms with Crippen molar-refractivity contribution < 1.29 is 23.1 Å². The zero-order valence-corrected chi connectivity index (χ0v) is 12.3. The van der Waals surface area contributed by atoms with Crippen LogP contribution in [0, 0.1) is 0 Å². The van der Waals surface area contributed by atoms with Crippen molar-refractivity contribution in [3.63, 3.8) is 0 Å². The van der Waals surface area contributed by atoms with Gasteiger partial charge in [0.25, 0.3) is 0 Å². The average Bonchev–Trinajstić information content (AvgIpc) is 2.23. The molecule has 0 aromatic rings. The van der Waals surface area contributed by atoms with Crippen molar-refractivity contribution in [2.45, 2.75) is 45.4 Å². The van der Waals surface area contributed by atoms with Gasteiger partial charge in [0.05, 0.1) is 5.60 Å². The fourth-order valence-corrected chi connectivity index (χ4v) is 3.18. The van der Waals surface area contributed by atoms with Crippen LogP contribution in [0.2, 0.25) is 0 Å². The van der Waals surface area contributed by atoms with E-state index in [2.05, 4.69) is 0 Å². The lowest BCUT2D eigenvalue weighted by atomic mass is 10.2. The van der Waals surface area contributed by atoms with E-state index in [4.69, 9.17) is 23.1 Å². The molecule has 0 spiro atoms. The molecule has 0 fully saturated rings. The van der Waals surface area contributed by atoms with E-state index in [-0.39, 0.29) is 11.3 Å². The van der Waals surface area contributed by atoms with E-state index in [9.17, 15) is 0 Å². The van der Waals surface area contributed by atoms with Crippen molar-refractivity contribution in [3.8, 4) is 0 Å². The molecule has 0 radical (unpaired) electrons. The van der Waals surface area contributed by atoms with Crippen LogP contribution in [-0.2, 0) is 23.1 Å². The fraction of sp³-hybridized carbons (Fsp3) is 1.00. The third kappa shape index (κ3) is 4.48. The summed E-state index contributed by atoms with van der Waals surface area (Å²) in [6.45, 7) is 7.70. The van der Waals surface area contributed by atoms with Gasteiger partial charge in [-0.25, -0.2) is 9.78 Å². The second kappa shape index (κ2) is 6.68. The number of rotatable bonds is 7. The van der Waals surface area contributed by atoms with Crippen molar-refractivity contribution in [2.24, 2.45) is 0 Å². The maximum Gasteiger partial charge on any atom is 0.534 e. The summed E-state index contributed by atoms with van der Waals surface area (Å²) in [7, 11) is 1.88. The second-order valence-electron chi connectivity index (χ2n) is 4.40. The normalized spacial score (nSPS) is 15.2. The summed E-state index contributed by atoms with van der Waals surface area (Å²) in [6, 6.07) is 0. The summed E-state index contributed by atoms with van der Waals surface area (Å²) < 4.78 is 16.0. The lowest BCUT2D eigenvalue weighted by Crippen LogP contribution is -2.55. The van der Waals surface area contributed by atoms with Crippen LogP contribution < -0.4 is 0 Å². The molecule has 6 heteroatoms. The van der Waals surface area contributed by atoms with Gasteiger partial charge in [0.2, 0.25) is 0 Å². The number of hydrogen-bond donors (Lipinski definition) is 0. The van der Waals surface area contributed by atoms with Crippen LogP contribution in [0.4, 0.5) is 0 Å².